The van der Waals surface area contributed by atoms with Gasteiger partial charge >= 0.3 is 0 Å². The summed E-state index contributed by atoms with van der Waals surface area (Å²) in [6, 6.07) is 11.6. The minimum Gasteiger partial charge on any atom is -0.454 e. The first-order valence-corrected chi connectivity index (χ1v) is 10.6. The summed E-state index contributed by atoms with van der Waals surface area (Å²) in [5, 5.41) is 3.79. The fourth-order valence-corrected chi connectivity index (χ4v) is 4.89. The number of nitrogens with zero attached hydrogens (tertiary/aromatic N) is 1. The highest BCUT2D eigenvalue weighted by atomic mass is 32.1. The van der Waals surface area contributed by atoms with Crippen molar-refractivity contribution in [1.29, 1.82) is 0 Å². The largest absolute Gasteiger partial charge is 0.454 e. The second-order valence-electron chi connectivity index (χ2n) is 7.42. The third-order valence-corrected chi connectivity index (χ3v) is 6.57. The van der Waals surface area contributed by atoms with Crippen LogP contribution in [0, 0.1) is 11.7 Å². The van der Waals surface area contributed by atoms with Crippen LogP contribution in [0.1, 0.15) is 22.5 Å². The van der Waals surface area contributed by atoms with E-state index >= 15 is 0 Å². The molecule has 154 valence electrons. The lowest BCUT2D eigenvalue weighted by Crippen LogP contribution is -2.41. The van der Waals surface area contributed by atoms with Gasteiger partial charge in [0.2, 0.25) is 12.7 Å². The van der Waals surface area contributed by atoms with Crippen molar-refractivity contribution < 1.29 is 23.5 Å². The van der Waals surface area contributed by atoms with Crippen molar-refractivity contribution in [2.24, 2.45) is 5.92 Å². The Labute approximate surface area is 176 Å². The molecule has 0 saturated carbocycles. The van der Waals surface area contributed by atoms with Crippen LogP contribution >= 0.6 is 11.3 Å². The molecule has 0 atom stereocenters. The molecule has 0 aliphatic carbocycles. The molecule has 0 unspecified atom stereocenters. The number of nitrogens with one attached hydrogen (secondary N) is 1. The van der Waals surface area contributed by atoms with Crippen LogP contribution in [0.4, 0.5) is 10.1 Å². The third kappa shape index (κ3) is 3.59. The Morgan fingerprint density at radius 2 is 1.83 bits per heavy atom. The number of ether oxygens (including phenoxy) is 2. The molecule has 3 heterocycles. The molecule has 8 heteroatoms. The van der Waals surface area contributed by atoms with E-state index in [0.717, 1.165) is 10.1 Å². The van der Waals surface area contributed by atoms with Gasteiger partial charge in [0.25, 0.3) is 5.91 Å². The highest BCUT2D eigenvalue weighted by Crippen LogP contribution is 2.34. The number of benzene rings is 2. The van der Waals surface area contributed by atoms with Gasteiger partial charge in [0.05, 0.1) is 4.88 Å². The monoisotopic (exact) mass is 426 g/mol. The van der Waals surface area contributed by atoms with Gasteiger partial charge in [-0.25, -0.2) is 4.39 Å². The smallest absolute Gasteiger partial charge is 0.263 e. The quantitative estimate of drug-likeness (QED) is 0.680. The molecule has 1 fully saturated rings. The molecule has 1 aromatic heterocycles. The van der Waals surface area contributed by atoms with E-state index in [1.807, 2.05) is 0 Å². The number of hydrogen-bond donors (Lipinski definition) is 1. The fourth-order valence-electron chi connectivity index (χ4n) is 3.83. The van der Waals surface area contributed by atoms with Gasteiger partial charge in [-0.1, -0.05) is 6.07 Å². The standard InChI is InChI=1S/C22H19FN2O4S/c23-15-2-1-14-9-20(30-19(14)10-15)22(27)25-7-5-13(6-8-25)21(26)24-16-3-4-17-18(11-16)29-12-28-17/h1-4,9-11,13H,5-8,12H2,(H,24,26). The normalized spacial score (nSPS) is 16.1. The van der Waals surface area contributed by atoms with Crippen LogP contribution in [-0.4, -0.2) is 36.6 Å². The number of fused-ring (bicyclic) bond motifs is 2. The lowest BCUT2D eigenvalue weighted by molar-refractivity contribution is -0.121. The van der Waals surface area contributed by atoms with Gasteiger partial charge in [0.1, 0.15) is 5.82 Å². The van der Waals surface area contributed by atoms with E-state index in [2.05, 4.69) is 5.32 Å². The number of thiophene rings is 1. The summed E-state index contributed by atoms with van der Waals surface area (Å²) >= 11 is 1.30. The number of halogens is 1. The summed E-state index contributed by atoms with van der Waals surface area (Å²) in [6.07, 6.45) is 1.20. The number of piperidine rings is 1. The first-order valence-electron chi connectivity index (χ1n) is 9.76. The Bertz CT molecular complexity index is 1140. The van der Waals surface area contributed by atoms with Crippen LogP contribution in [0.5, 0.6) is 11.5 Å². The van der Waals surface area contributed by atoms with E-state index < -0.39 is 0 Å². The molecule has 2 amide bonds. The van der Waals surface area contributed by atoms with Gasteiger partial charge in [0.15, 0.2) is 11.5 Å². The topological polar surface area (TPSA) is 67.9 Å². The van der Waals surface area contributed by atoms with Crippen molar-refractivity contribution in [2.45, 2.75) is 12.8 Å². The number of anilines is 1. The van der Waals surface area contributed by atoms with Crippen LogP contribution in [0.2, 0.25) is 0 Å². The zero-order valence-corrected chi connectivity index (χ0v) is 16.8. The molecule has 1 saturated heterocycles. The molecule has 6 nitrogen and oxygen atoms in total. The molecular formula is C22H19FN2O4S. The third-order valence-electron chi connectivity index (χ3n) is 5.49. The zero-order valence-electron chi connectivity index (χ0n) is 16.0. The van der Waals surface area contributed by atoms with E-state index in [0.29, 0.717) is 48.0 Å². The summed E-state index contributed by atoms with van der Waals surface area (Å²) in [7, 11) is 0. The highest BCUT2D eigenvalue weighted by molar-refractivity contribution is 7.20. The molecule has 0 radical (unpaired) electrons. The van der Waals surface area contributed by atoms with Crippen LogP contribution in [0.25, 0.3) is 10.1 Å². The Balaban J connectivity index is 1.20. The Kier molecular flexibility index (Phi) is 4.78. The predicted octanol–water partition coefficient (Wildman–Crippen LogP) is 4.26. The SMILES string of the molecule is O=C(Nc1ccc2c(c1)OCO2)C1CCN(C(=O)c2cc3ccc(F)cc3s2)CC1. The molecule has 0 bridgehead atoms. The number of carbonyl (C=O) groups excluding carboxylic acids is 2. The van der Waals surface area contributed by atoms with Crippen molar-refractivity contribution >= 4 is 38.9 Å². The Morgan fingerprint density at radius 1 is 1.03 bits per heavy atom. The van der Waals surface area contributed by atoms with E-state index in [1.165, 1.54) is 23.5 Å². The molecule has 0 spiro atoms. The van der Waals surface area contributed by atoms with Crippen molar-refractivity contribution in [3.05, 3.63) is 53.2 Å². The van der Waals surface area contributed by atoms with Gasteiger partial charge in [0, 0.05) is 35.5 Å². The number of hydrogen-bond acceptors (Lipinski definition) is 5. The molecule has 1 N–H and O–H groups in total. The van der Waals surface area contributed by atoms with Crippen LogP contribution < -0.4 is 14.8 Å². The summed E-state index contributed by atoms with van der Waals surface area (Å²) in [5.74, 6) is 0.707. The number of amides is 2. The van der Waals surface area contributed by atoms with E-state index in [1.54, 1.807) is 35.2 Å². The molecule has 3 aromatic rings. The first-order chi connectivity index (χ1) is 14.6. The second-order valence-corrected chi connectivity index (χ2v) is 8.50. The molecule has 30 heavy (non-hydrogen) atoms. The lowest BCUT2D eigenvalue weighted by atomic mass is 9.95. The fraction of sp³-hybridized carbons (Fsp3) is 0.273. The number of carbonyl (C=O) groups is 2. The van der Waals surface area contributed by atoms with E-state index in [9.17, 15) is 14.0 Å². The van der Waals surface area contributed by atoms with Crippen molar-refractivity contribution in [3.8, 4) is 11.5 Å². The molecule has 2 aliphatic heterocycles. The maximum absolute atomic E-state index is 13.4. The van der Waals surface area contributed by atoms with Gasteiger partial charge < -0.3 is 19.7 Å². The second kappa shape index (κ2) is 7.60. The van der Waals surface area contributed by atoms with Gasteiger partial charge in [-0.15, -0.1) is 11.3 Å². The first kappa shape index (κ1) is 18.9. The average molecular weight is 426 g/mol. The van der Waals surface area contributed by atoms with Gasteiger partial charge in [-0.2, -0.15) is 0 Å². The number of rotatable bonds is 3. The molecular weight excluding hydrogens is 407 g/mol. The zero-order chi connectivity index (χ0) is 20.7. The summed E-state index contributed by atoms with van der Waals surface area (Å²) in [5.41, 5.74) is 0.667. The van der Waals surface area contributed by atoms with E-state index in [-0.39, 0.29) is 30.3 Å². The molecule has 2 aliphatic rings. The Hall–Kier alpha value is -3.13. The predicted molar refractivity (Wildman–Crippen MR) is 112 cm³/mol. The summed E-state index contributed by atoms with van der Waals surface area (Å²) in [4.78, 5) is 27.9. The van der Waals surface area contributed by atoms with Gasteiger partial charge in [-0.05, 0) is 48.6 Å². The van der Waals surface area contributed by atoms with Crippen molar-refractivity contribution in [1.82, 2.24) is 4.90 Å². The number of likely N-dealkylation sites (tertiary alicyclic amines) is 1. The van der Waals surface area contributed by atoms with Crippen molar-refractivity contribution in [2.75, 3.05) is 25.2 Å². The maximum atomic E-state index is 13.4. The summed E-state index contributed by atoms with van der Waals surface area (Å²) in [6.45, 7) is 1.22. The van der Waals surface area contributed by atoms with Gasteiger partial charge in [-0.3, -0.25) is 9.59 Å². The maximum Gasteiger partial charge on any atom is 0.263 e. The molecule has 5 rings (SSSR count). The molecule has 2 aromatic carbocycles. The summed E-state index contributed by atoms with van der Waals surface area (Å²) < 4.78 is 24.8. The minimum absolute atomic E-state index is 0.0571. The Morgan fingerprint density at radius 3 is 2.67 bits per heavy atom. The van der Waals surface area contributed by atoms with Crippen molar-refractivity contribution in [3.63, 3.8) is 0 Å². The van der Waals surface area contributed by atoms with E-state index in [4.69, 9.17) is 9.47 Å². The highest BCUT2D eigenvalue weighted by Gasteiger charge is 2.29. The lowest BCUT2D eigenvalue weighted by Gasteiger charge is -2.31. The average Bonchev–Trinajstić information content (AvgIpc) is 3.39. The van der Waals surface area contributed by atoms with Crippen LogP contribution in [0.3, 0.4) is 0 Å². The minimum atomic E-state index is -0.308. The van der Waals surface area contributed by atoms with Crippen LogP contribution in [0.15, 0.2) is 42.5 Å². The van der Waals surface area contributed by atoms with Crippen LogP contribution in [-0.2, 0) is 4.79 Å².